The van der Waals surface area contributed by atoms with E-state index in [1.807, 2.05) is 0 Å². The summed E-state index contributed by atoms with van der Waals surface area (Å²) in [6.07, 6.45) is 3.04. The molecular weight excluding hydrogens is 346 g/mol. The molecule has 2 heterocycles. The maximum Gasteiger partial charge on any atom is 0.244 e. The van der Waals surface area contributed by atoms with E-state index < -0.39 is 10.0 Å². The number of nitrogens with zero attached hydrogens (tertiary/aromatic N) is 3. The first-order chi connectivity index (χ1) is 9.53. The molecular formula is C11H12BrN5O2S. The van der Waals surface area contributed by atoms with E-state index in [9.17, 15) is 8.42 Å². The largest absolute Gasteiger partial charge is 0.372 e. The van der Waals surface area contributed by atoms with Crippen molar-refractivity contribution in [2.45, 2.75) is 11.4 Å². The number of halogens is 1. The van der Waals surface area contributed by atoms with Crippen molar-refractivity contribution in [2.75, 3.05) is 12.4 Å². The van der Waals surface area contributed by atoms with Crippen molar-refractivity contribution < 1.29 is 8.42 Å². The lowest BCUT2D eigenvalue weighted by atomic mass is 10.4. The van der Waals surface area contributed by atoms with Gasteiger partial charge in [-0.2, -0.15) is 10.2 Å². The fourth-order valence-electron chi connectivity index (χ4n) is 1.49. The summed E-state index contributed by atoms with van der Waals surface area (Å²) in [7, 11) is -2.09. The summed E-state index contributed by atoms with van der Waals surface area (Å²) >= 11 is 3.21. The standard InChI is InChI=1S/C11H12BrN5O2S/c1-13-11-10(5-8(12)6-14-11)20(18,19)16-7-9-3-2-4-15-17-9/h2-6,16H,7H2,1H3,(H,13,14). The van der Waals surface area contributed by atoms with Crippen LogP contribution in [-0.4, -0.2) is 30.6 Å². The molecule has 0 aliphatic carbocycles. The van der Waals surface area contributed by atoms with Crippen LogP contribution in [0.4, 0.5) is 5.82 Å². The Morgan fingerprint density at radius 3 is 2.85 bits per heavy atom. The van der Waals surface area contributed by atoms with Gasteiger partial charge in [-0.15, -0.1) is 0 Å². The Labute approximate surface area is 125 Å². The van der Waals surface area contributed by atoms with Gasteiger partial charge in [0.25, 0.3) is 0 Å². The number of pyridine rings is 1. The Balaban J connectivity index is 2.24. The molecule has 2 aromatic rings. The predicted molar refractivity (Wildman–Crippen MR) is 77.5 cm³/mol. The molecule has 0 atom stereocenters. The van der Waals surface area contributed by atoms with Gasteiger partial charge in [0, 0.05) is 23.9 Å². The van der Waals surface area contributed by atoms with Gasteiger partial charge in [-0.05, 0) is 34.1 Å². The first-order valence-corrected chi connectivity index (χ1v) is 7.90. The Kier molecular flexibility index (Phi) is 4.63. The van der Waals surface area contributed by atoms with Gasteiger partial charge in [-0.3, -0.25) is 0 Å². The van der Waals surface area contributed by atoms with Crippen LogP contribution >= 0.6 is 15.9 Å². The predicted octanol–water partition coefficient (Wildman–Crippen LogP) is 1.15. The molecule has 0 bridgehead atoms. The van der Waals surface area contributed by atoms with E-state index in [4.69, 9.17) is 0 Å². The molecule has 0 spiro atoms. The molecule has 0 radical (unpaired) electrons. The van der Waals surface area contributed by atoms with E-state index in [-0.39, 0.29) is 17.3 Å². The van der Waals surface area contributed by atoms with Gasteiger partial charge in [0.1, 0.15) is 10.7 Å². The molecule has 0 amide bonds. The second-order valence-electron chi connectivity index (χ2n) is 3.79. The average Bonchev–Trinajstić information content (AvgIpc) is 2.46. The minimum Gasteiger partial charge on any atom is -0.372 e. The van der Waals surface area contributed by atoms with E-state index in [2.05, 4.69) is 41.2 Å². The molecule has 0 unspecified atom stereocenters. The molecule has 0 saturated carbocycles. The van der Waals surface area contributed by atoms with Crippen molar-refractivity contribution in [3.05, 3.63) is 40.8 Å². The van der Waals surface area contributed by atoms with Crippen LogP contribution in [0.3, 0.4) is 0 Å². The Morgan fingerprint density at radius 1 is 1.40 bits per heavy atom. The summed E-state index contributed by atoms with van der Waals surface area (Å²) in [5.41, 5.74) is 0.532. The highest BCUT2D eigenvalue weighted by atomic mass is 79.9. The van der Waals surface area contributed by atoms with Gasteiger partial charge in [0.2, 0.25) is 10.0 Å². The van der Waals surface area contributed by atoms with E-state index in [0.29, 0.717) is 10.2 Å². The van der Waals surface area contributed by atoms with Crippen LogP contribution in [0.2, 0.25) is 0 Å². The van der Waals surface area contributed by atoms with E-state index in [1.54, 1.807) is 19.2 Å². The number of hydrogen-bond acceptors (Lipinski definition) is 6. The summed E-state index contributed by atoms with van der Waals surface area (Å²) in [6, 6.07) is 4.86. The van der Waals surface area contributed by atoms with Crippen molar-refractivity contribution in [3.8, 4) is 0 Å². The number of rotatable bonds is 5. The van der Waals surface area contributed by atoms with Crippen LogP contribution in [0, 0.1) is 0 Å². The van der Waals surface area contributed by atoms with Crippen LogP contribution in [0.25, 0.3) is 0 Å². The lowest BCUT2D eigenvalue weighted by molar-refractivity contribution is 0.580. The van der Waals surface area contributed by atoms with Gasteiger partial charge in [0.15, 0.2) is 0 Å². The highest BCUT2D eigenvalue weighted by Crippen LogP contribution is 2.22. The first-order valence-electron chi connectivity index (χ1n) is 5.62. The highest BCUT2D eigenvalue weighted by molar-refractivity contribution is 9.10. The van der Waals surface area contributed by atoms with E-state index in [0.717, 1.165) is 0 Å². The normalized spacial score (nSPS) is 11.3. The SMILES string of the molecule is CNc1ncc(Br)cc1S(=O)(=O)NCc1cccnn1. The molecule has 2 N–H and O–H groups in total. The molecule has 2 rings (SSSR count). The summed E-state index contributed by atoms with van der Waals surface area (Å²) in [5.74, 6) is 0.278. The number of aromatic nitrogens is 3. The van der Waals surface area contributed by atoms with Gasteiger partial charge >= 0.3 is 0 Å². The number of hydrogen-bond donors (Lipinski definition) is 2. The molecule has 0 saturated heterocycles. The van der Waals surface area contributed by atoms with Gasteiger partial charge < -0.3 is 5.32 Å². The molecule has 9 heteroatoms. The first kappa shape index (κ1) is 14.8. The monoisotopic (exact) mass is 357 g/mol. The third-order valence-corrected chi connectivity index (χ3v) is 4.26. The topological polar surface area (TPSA) is 96.9 Å². The van der Waals surface area contributed by atoms with Crippen LogP contribution in [0.15, 0.2) is 40.0 Å². The van der Waals surface area contributed by atoms with Crippen molar-refractivity contribution in [1.82, 2.24) is 19.9 Å². The smallest absolute Gasteiger partial charge is 0.244 e. The molecule has 2 aromatic heterocycles. The van der Waals surface area contributed by atoms with Crippen molar-refractivity contribution in [2.24, 2.45) is 0 Å². The van der Waals surface area contributed by atoms with E-state index >= 15 is 0 Å². The van der Waals surface area contributed by atoms with Gasteiger partial charge in [-0.25, -0.2) is 18.1 Å². The summed E-state index contributed by atoms with van der Waals surface area (Å²) in [5, 5.41) is 10.3. The third kappa shape index (κ3) is 3.50. The minimum atomic E-state index is -3.70. The zero-order chi connectivity index (χ0) is 14.6. The lowest BCUT2D eigenvalue weighted by Crippen LogP contribution is -2.25. The second-order valence-corrected chi connectivity index (χ2v) is 6.44. The average molecular weight is 358 g/mol. The van der Waals surface area contributed by atoms with Crippen molar-refractivity contribution in [3.63, 3.8) is 0 Å². The van der Waals surface area contributed by atoms with Crippen LogP contribution in [0.1, 0.15) is 5.69 Å². The summed E-state index contributed by atoms with van der Waals surface area (Å²) in [4.78, 5) is 4.08. The number of sulfonamides is 1. The van der Waals surface area contributed by atoms with Crippen LogP contribution in [-0.2, 0) is 16.6 Å². The second kappa shape index (κ2) is 6.25. The Morgan fingerprint density at radius 2 is 2.20 bits per heavy atom. The fourth-order valence-corrected chi connectivity index (χ4v) is 3.16. The fraction of sp³-hybridized carbons (Fsp3) is 0.182. The van der Waals surface area contributed by atoms with Crippen LogP contribution < -0.4 is 10.0 Å². The zero-order valence-electron chi connectivity index (χ0n) is 10.5. The minimum absolute atomic E-state index is 0.0614. The molecule has 106 valence electrons. The highest BCUT2D eigenvalue weighted by Gasteiger charge is 2.19. The molecule has 20 heavy (non-hydrogen) atoms. The summed E-state index contributed by atoms with van der Waals surface area (Å²) < 4.78 is 27.6. The maximum atomic E-state index is 12.3. The quantitative estimate of drug-likeness (QED) is 0.833. The molecule has 0 aliphatic heterocycles. The van der Waals surface area contributed by atoms with Crippen molar-refractivity contribution >= 4 is 31.8 Å². The van der Waals surface area contributed by atoms with Crippen molar-refractivity contribution in [1.29, 1.82) is 0 Å². The molecule has 7 nitrogen and oxygen atoms in total. The Hall–Kier alpha value is -1.58. The van der Waals surface area contributed by atoms with Gasteiger partial charge in [-0.1, -0.05) is 0 Å². The zero-order valence-corrected chi connectivity index (χ0v) is 12.9. The van der Waals surface area contributed by atoms with E-state index in [1.165, 1.54) is 18.5 Å². The molecule has 0 aromatic carbocycles. The number of anilines is 1. The summed E-state index contributed by atoms with van der Waals surface area (Å²) in [6.45, 7) is 0.0614. The van der Waals surface area contributed by atoms with Gasteiger partial charge in [0.05, 0.1) is 12.2 Å². The molecule has 0 aliphatic rings. The maximum absolute atomic E-state index is 12.3. The molecule has 0 fully saturated rings. The number of nitrogens with one attached hydrogen (secondary N) is 2. The lowest BCUT2D eigenvalue weighted by Gasteiger charge is -2.10. The Bertz CT molecular complexity index is 693. The van der Waals surface area contributed by atoms with Crippen LogP contribution in [0.5, 0.6) is 0 Å². The third-order valence-electron chi connectivity index (χ3n) is 2.42.